The zero-order valence-corrected chi connectivity index (χ0v) is 15.9. The van der Waals surface area contributed by atoms with E-state index in [1.165, 1.54) is 12.1 Å². The smallest absolute Gasteiger partial charge is 0.276 e. The molecule has 3 rings (SSSR count). The van der Waals surface area contributed by atoms with Crippen LogP contribution in [0.2, 0.25) is 10.0 Å². The highest BCUT2D eigenvalue weighted by Gasteiger charge is 2.13. The molecule has 0 fully saturated rings. The van der Waals surface area contributed by atoms with Crippen molar-refractivity contribution in [2.75, 3.05) is 10.6 Å². The van der Waals surface area contributed by atoms with Crippen molar-refractivity contribution in [1.82, 2.24) is 9.78 Å². The molecule has 2 amide bonds. The first-order valence-electron chi connectivity index (χ1n) is 8.12. The van der Waals surface area contributed by atoms with Crippen molar-refractivity contribution < 1.29 is 9.59 Å². The summed E-state index contributed by atoms with van der Waals surface area (Å²) in [5.74, 6) is -1.04. The molecule has 2 aromatic carbocycles. The number of nitrogens with one attached hydrogen (secondary N) is 2. The Balaban J connectivity index is 1.74. The van der Waals surface area contributed by atoms with Crippen molar-refractivity contribution in [1.29, 1.82) is 0 Å². The quantitative estimate of drug-likeness (QED) is 0.665. The van der Waals surface area contributed by atoms with Gasteiger partial charge in [-0.05, 0) is 30.3 Å². The van der Waals surface area contributed by atoms with Gasteiger partial charge in [0.2, 0.25) is 5.91 Å². The molecular weight excluding hydrogens is 403 g/mol. The first-order chi connectivity index (χ1) is 13.4. The number of para-hydroxylation sites is 1. The molecule has 0 unspecified atom stereocenters. The van der Waals surface area contributed by atoms with Crippen molar-refractivity contribution in [3.05, 3.63) is 86.8 Å². The summed E-state index contributed by atoms with van der Waals surface area (Å²) in [6, 6.07) is 16.1. The minimum atomic E-state index is -0.542. The van der Waals surface area contributed by atoms with Gasteiger partial charge >= 0.3 is 0 Å². The molecule has 0 saturated heterocycles. The topological polar surface area (TPSA) is 93.1 Å². The van der Waals surface area contributed by atoms with Gasteiger partial charge in [0.25, 0.3) is 11.5 Å². The molecule has 1 aromatic heterocycles. The van der Waals surface area contributed by atoms with E-state index in [0.717, 1.165) is 4.68 Å². The number of rotatable bonds is 5. The highest BCUT2D eigenvalue weighted by molar-refractivity contribution is 6.43. The lowest BCUT2D eigenvalue weighted by Gasteiger charge is -2.10. The molecule has 0 spiro atoms. The molecule has 3 aromatic rings. The largest absolute Gasteiger partial charge is 0.323 e. The number of aromatic nitrogens is 2. The van der Waals surface area contributed by atoms with Gasteiger partial charge < -0.3 is 10.6 Å². The van der Waals surface area contributed by atoms with Crippen LogP contribution in [0.25, 0.3) is 0 Å². The molecule has 0 bridgehead atoms. The average molecular weight is 417 g/mol. The van der Waals surface area contributed by atoms with Gasteiger partial charge in [-0.15, -0.1) is 0 Å². The van der Waals surface area contributed by atoms with Gasteiger partial charge in [0.15, 0.2) is 0 Å². The average Bonchev–Trinajstić information content (AvgIpc) is 2.68. The van der Waals surface area contributed by atoms with Crippen molar-refractivity contribution in [3.63, 3.8) is 0 Å². The first kappa shape index (κ1) is 19.6. The number of hydrogen-bond donors (Lipinski definition) is 2. The zero-order chi connectivity index (χ0) is 20.1. The summed E-state index contributed by atoms with van der Waals surface area (Å²) < 4.78 is 0.897. The Hall–Kier alpha value is -3.16. The molecule has 7 nitrogen and oxygen atoms in total. The Morgan fingerprint density at radius 3 is 2.43 bits per heavy atom. The second kappa shape index (κ2) is 8.69. The van der Waals surface area contributed by atoms with Crippen LogP contribution in [0.5, 0.6) is 0 Å². The molecule has 0 atom stereocenters. The van der Waals surface area contributed by atoms with E-state index in [4.69, 9.17) is 23.2 Å². The Kier molecular flexibility index (Phi) is 6.08. The summed E-state index contributed by atoms with van der Waals surface area (Å²) in [5.41, 5.74) is 0.367. The van der Waals surface area contributed by atoms with Crippen LogP contribution in [-0.4, -0.2) is 21.6 Å². The van der Waals surface area contributed by atoms with Crippen molar-refractivity contribution in [2.45, 2.75) is 6.54 Å². The normalized spacial score (nSPS) is 10.4. The fraction of sp³-hybridized carbons (Fsp3) is 0.0526. The van der Waals surface area contributed by atoms with Gasteiger partial charge in [-0.2, -0.15) is 5.10 Å². The van der Waals surface area contributed by atoms with Crippen LogP contribution in [0.15, 0.2) is 65.5 Å². The number of amides is 2. The minimum Gasteiger partial charge on any atom is -0.323 e. The van der Waals surface area contributed by atoms with Crippen LogP contribution in [0.1, 0.15) is 10.5 Å². The third kappa shape index (κ3) is 4.76. The van der Waals surface area contributed by atoms with E-state index in [-0.39, 0.29) is 15.7 Å². The van der Waals surface area contributed by atoms with E-state index in [2.05, 4.69) is 15.7 Å². The minimum absolute atomic E-state index is 0.00274. The SMILES string of the molecule is O=C(Cn1nc(C(=O)Nc2ccccc2)ccc1=O)Nc1cccc(Cl)c1Cl. The lowest BCUT2D eigenvalue weighted by Crippen LogP contribution is -2.31. The highest BCUT2D eigenvalue weighted by atomic mass is 35.5. The van der Waals surface area contributed by atoms with E-state index >= 15 is 0 Å². The molecule has 0 aliphatic heterocycles. The number of hydrogen-bond acceptors (Lipinski definition) is 4. The first-order valence-corrected chi connectivity index (χ1v) is 8.88. The molecule has 142 valence electrons. The van der Waals surface area contributed by atoms with Crippen LogP contribution in [0.4, 0.5) is 11.4 Å². The predicted octanol–water partition coefficient (Wildman–Crippen LogP) is 3.44. The fourth-order valence-corrected chi connectivity index (χ4v) is 2.67. The summed E-state index contributed by atoms with van der Waals surface area (Å²) >= 11 is 11.9. The summed E-state index contributed by atoms with van der Waals surface area (Å²) in [7, 11) is 0. The highest BCUT2D eigenvalue weighted by Crippen LogP contribution is 2.29. The fourth-order valence-electron chi connectivity index (χ4n) is 2.33. The predicted molar refractivity (Wildman–Crippen MR) is 108 cm³/mol. The molecule has 0 saturated carbocycles. The summed E-state index contributed by atoms with van der Waals surface area (Å²) in [5, 5.41) is 9.66. The third-order valence-electron chi connectivity index (χ3n) is 3.65. The van der Waals surface area contributed by atoms with Gasteiger partial charge in [-0.3, -0.25) is 14.4 Å². The van der Waals surface area contributed by atoms with Gasteiger partial charge in [0.05, 0.1) is 15.7 Å². The molecule has 0 radical (unpaired) electrons. The molecule has 0 aliphatic rings. The number of carbonyl (C=O) groups excluding carboxylic acids is 2. The van der Waals surface area contributed by atoms with Crippen LogP contribution in [0, 0.1) is 0 Å². The number of carbonyl (C=O) groups is 2. The zero-order valence-electron chi connectivity index (χ0n) is 14.4. The molecule has 0 aliphatic carbocycles. The van der Waals surface area contributed by atoms with Gasteiger partial charge in [-0.1, -0.05) is 47.5 Å². The molecular formula is C19H14Cl2N4O3. The Morgan fingerprint density at radius 2 is 1.68 bits per heavy atom. The van der Waals surface area contributed by atoms with Crippen LogP contribution >= 0.6 is 23.2 Å². The third-order valence-corrected chi connectivity index (χ3v) is 4.47. The van der Waals surface area contributed by atoms with E-state index in [9.17, 15) is 14.4 Å². The van der Waals surface area contributed by atoms with Crippen LogP contribution in [-0.2, 0) is 11.3 Å². The molecule has 28 heavy (non-hydrogen) atoms. The second-order valence-electron chi connectivity index (χ2n) is 5.68. The van der Waals surface area contributed by atoms with E-state index < -0.39 is 23.9 Å². The van der Waals surface area contributed by atoms with Crippen LogP contribution < -0.4 is 16.2 Å². The Morgan fingerprint density at radius 1 is 0.929 bits per heavy atom. The summed E-state index contributed by atoms with van der Waals surface area (Å²) in [4.78, 5) is 36.6. The van der Waals surface area contributed by atoms with Gasteiger partial charge in [0, 0.05) is 11.8 Å². The van der Waals surface area contributed by atoms with E-state index in [1.807, 2.05) is 6.07 Å². The Bertz CT molecular complexity index is 1080. The van der Waals surface area contributed by atoms with E-state index in [1.54, 1.807) is 42.5 Å². The van der Waals surface area contributed by atoms with Crippen LogP contribution in [0.3, 0.4) is 0 Å². The second-order valence-corrected chi connectivity index (χ2v) is 6.47. The summed E-state index contributed by atoms with van der Waals surface area (Å²) in [6.07, 6.45) is 0. The maximum atomic E-state index is 12.3. The number of nitrogens with zero attached hydrogens (tertiary/aromatic N) is 2. The Labute approximate surface area is 169 Å². The maximum absolute atomic E-state index is 12.3. The summed E-state index contributed by atoms with van der Waals surface area (Å²) in [6.45, 7) is -0.395. The van der Waals surface area contributed by atoms with Gasteiger partial charge in [-0.25, -0.2) is 4.68 Å². The molecule has 9 heteroatoms. The lowest BCUT2D eigenvalue weighted by molar-refractivity contribution is -0.117. The number of halogens is 2. The lowest BCUT2D eigenvalue weighted by atomic mass is 10.3. The van der Waals surface area contributed by atoms with Crippen molar-refractivity contribution in [2.24, 2.45) is 0 Å². The van der Waals surface area contributed by atoms with Crippen molar-refractivity contribution >= 4 is 46.4 Å². The maximum Gasteiger partial charge on any atom is 0.276 e. The van der Waals surface area contributed by atoms with Crippen molar-refractivity contribution in [3.8, 4) is 0 Å². The van der Waals surface area contributed by atoms with E-state index in [0.29, 0.717) is 11.4 Å². The van der Waals surface area contributed by atoms with Gasteiger partial charge in [0.1, 0.15) is 12.2 Å². The monoisotopic (exact) mass is 416 g/mol. The molecule has 2 N–H and O–H groups in total. The standard InChI is InChI=1S/C19H14Cl2N4O3/c20-13-7-4-8-14(18(13)21)23-16(26)11-25-17(27)10-9-15(24-25)19(28)22-12-5-2-1-3-6-12/h1-10H,11H2,(H,22,28)(H,23,26). The molecule has 1 heterocycles. The number of benzene rings is 2. The number of anilines is 2.